The van der Waals surface area contributed by atoms with Crippen LogP contribution in [0.15, 0.2) is 42.7 Å². The molecule has 0 spiro atoms. The summed E-state index contributed by atoms with van der Waals surface area (Å²) >= 11 is 0. The Labute approximate surface area is 218 Å². The minimum absolute atomic E-state index is 0.0857. The van der Waals surface area contributed by atoms with Crippen molar-refractivity contribution in [1.82, 2.24) is 20.1 Å². The normalized spacial score (nSPS) is 18.0. The number of benzene rings is 1. The maximum atomic E-state index is 13.6. The van der Waals surface area contributed by atoms with Crippen molar-refractivity contribution in [1.29, 1.82) is 0 Å². The molecule has 8 nitrogen and oxygen atoms in total. The van der Waals surface area contributed by atoms with Gasteiger partial charge in [0.25, 0.3) is 11.8 Å². The van der Waals surface area contributed by atoms with Crippen LogP contribution < -0.4 is 15.8 Å². The van der Waals surface area contributed by atoms with E-state index in [1.807, 2.05) is 0 Å². The molecular weight excluding hydrogens is 532 g/mol. The van der Waals surface area contributed by atoms with Crippen LogP contribution in [0.3, 0.4) is 0 Å². The quantitative estimate of drug-likeness (QED) is 0.427. The van der Waals surface area contributed by atoms with Crippen LogP contribution in [0, 0.1) is 0 Å². The minimum Gasteiger partial charge on any atom is -0.474 e. The monoisotopic (exact) mass is 555 g/mol. The van der Waals surface area contributed by atoms with Gasteiger partial charge in [0.05, 0.1) is 5.56 Å². The van der Waals surface area contributed by atoms with E-state index >= 15 is 0 Å². The number of nitrogens with zero attached hydrogens (tertiary/aromatic N) is 3. The number of aromatic nitrogens is 3. The molecule has 1 aliphatic carbocycles. The van der Waals surface area contributed by atoms with E-state index in [9.17, 15) is 35.9 Å². The third-order valence-corrected chi connectivity index (χ3v) is 6.26. The third kappa shape index (κ3) is 6.49. The van der Waals surface area contributed by atoms with Crippen LogP contribution in [0.4, 0.5) is 26.3 Å². The molecule has 0 unspecified atom stereocenters. The summed E-state index contributed by atoms with van der Waals surface area (Å²) in [5.41, 5.74) is 1.38. The minimum atomic E-state index is -4.92. The van der Waals surface area contributed by atoms with Gasteiger partial charge in [-0.2, -0.15) is 31.4 Å². The average Bonchev–Trinajstić information content (AvgIpc) is 3.27. The summed E-state index contributed by atoms with van der Waals surface area (Å²) in [7, 11) is 1.21. The van der Waals surface area contributed by atoms with Crippen LogP contribution in [0.2, 0.25) is 0 Å². The molecule has 0 atom stereocenters. The van der Waals surface area contributed by atoms with Crippen LogP contribution >= 0.6 is 0 Å². The van der Waals surface area contributed by atoms with Crippen LogP contribution in [-0.4, -0.2) is 38.7 Å². The van der Waals surface area contributed by atoms with E-state index in [0.717, 1.165) is 16.9 Å². The molecule has 0 saturated heterocycles. The van der Waals surface area contributed by atoms with Crippen molar-refractivity contribution in [3.8, 4) is 17.0 Å². The molecule has 1 aromatic carbocycles. The first-order valence-electron chi connectivity index (χ1n) is 11.8. The van der Waals surface area contributed by atoms with Crippen LogP contribution in [0.1, 0.15) is 57.7 Å². The van der Waals surface area contributed by atoms with Gasteiger partial charge >= 0.3 is 12.4 Å². The summed E-state index contributed by atoms with van der Waals surface area (Å²) in [4.78, 5) is 28.5. The number of hydrogen-bond acceptors (Lipinski definition) is 5. The van der Waals surface area contributed by atoms with E-state index in [-0.39, 0.29) is 17.5 Å². The number of nitrogens with two attached hydrogens (primary N) is 1. The van der Waals surface area contributed by atoms with Gasteiger partial charge < -0.3 is 15.8 Å². The summed E-state index contributed by atoms with van der Waals surface area (Å²) in [6.07, 6.45) is -6.07. The maximum absolute atomic E-state index is 13.6. The zero-order valence-corrected chi connectivity index (χ0v) is 20.4. The van der Waals surface area contributed by atoms with Gasteiger partial charge in [-0.05, 0) is 61.6 Å². The number of amides is 2. The zero-order chi connectivity index (χ0) is 28.5. The van der Waals surface area contributed by atoms with Crippen LogP contribution in [-0.2, 0) is 19.4 Å². The largest absolute Gasteiger partial charge is 0.474 e. The Hall–Kier alpha value is -4.10. The number of ether oxygens (including phenoxy) is 1. The maximum Gasteiger partial charge on any atom is 0.435 e. The molecule has 39 heavy (non-hydrogen) atoms. The fourth-order valence-corrected chi connectivity index (χ4v) is 4.41. The molecule has 2 amide bonds. The van der Waals surface area contributed by atoms with Crippen molar-refractivity contribution in [3.63, 3.8) is 0 Å². The lowest BCUT2D eigenvalue weighted by molar-refractivity contribution is -0.141. The number of nitrogens with one attached hydrogen (secondary N) is 1. The SMILES string of the molecule is Cn1cc(-c2cc(C(=O)NC3CCC(Oc4ncccc4C(N)=O)CC3)cc(C(F)(F)F)c2)c(C(F)(F)F)n1. The first kappa shape index (κ1) is 27.9. The number of aryl methyl sites for hydroxylation is 1. The second-order valence-corrected chi connectivity index (χ2v) is 9.14. The Bertz CT molecular complexity index is 1380. The molecule has 14 heteroatoms. The highest BCUT2D eigenvalue weighted by Crippen LogP contribution is 2.39. The summed E-state index contributed by atoms with van der Waals surface area (Å²) < 4.78 is 87.8. The molecule has 3 aromatic rings. The summed E-state index contributed by atoms with van der Waals surface area (Å²) in [5.74, 6) is -1.47. The van der Waals surface area contributed by atoms with Crippen molar-refractivity contribution in [2.24, 2.45) is 12.8 Å². The lowest BCUT2D eigenvalue weighted by Gasteiger charge is -2.29. The van der Waals surface area contributed by atoms with E-state index in [0.29, 0.717) is 37.8 Å². The number of alkyl halides is 6. The summed E-state index contributed by atoms with van der Waals surface area (Å²) in [5, 5.41) is 6.00. The van der Waals surface area contributed by atoms with E-state index < -0.39 is 58.2 Å². The van der Waals surface area contributed by atoms with Crippen molar-refractivity contribution in [2.45, 2.75) is 50.2 Å². The van der Waals surface area contributed by atoms with E-state index in [1.165, 1.54) is 25.4 Å². The van der Waals surface area contributed by atoms with Gasteiger partial charge in [0, 0.05) is 36.6 Å². The Balaban J connectivity index is 1.50. The number of primary amides is 1. The van der Waals surface area contributed by atoms with Crippen LogP contribution in [0.25, 0.3) is 11.1 Å². The highest BCUT2D eigenvalue weighted by molar-refractivity contribution is 5.96. The first-order chi connectivity index (χ1) is 18.2. The van der Waals surface area contributed by atoms with Gasteiger partial charge in [-0.15, -0.1) is 0 Å². The van der Waals surface area contributed by atoms with Gasteiger partial charge in [0.2, 0.25) is 5.88 Å². The molecule has 4 rings (SSSR count). The molecule has 3 N–H and O–H groups in total. The third-order valence-electron chi connectivity index (χ3n) is 6.26. The lowest BCUT2D eigenvalue weighted by atomic mass is 9.92. The molecule has 0 bridgehead atoms. The summed E-state index contributed by atoms with van der Waals surface area (Å²) in [6.45, 7) is 0. The standard InChI is InChI=1S/C25H23F6N5O3/c1-36-12-19(20(35-36)25(29,30)31)13-9-14(11-15(10-13)24(26,27)28)22(38)34-16-4-6-17(7-5-16)39-23-18(21(32)37)3-2-8-33-23/h2-3,8-12,16-17H,4-7H2,1H3,(H2,32,37)(H,34,38). The average molecular weight is 555 g/mol. The van der Waals surface area contributed by atoms with Crippen molar-refractivity contribution in [2.75, 3.05) is 0 Å². The number of carbonyl (C=O) groups is 2. The molecule has 2 heterocycles. The van der Waals surface area contributed by atoms with Gasteiger partial charge in [-0.25, -0.2) is 4.98 Å². The Kier molecular flexibility index (Phi) is 7.57. The van der Waals surface area contributed by atoms with Gasteiger partial charge in [0.15, 0.2) is 5.69 Å². The Morgan fingerprint density at radius 2 is 1.74 bits per heavy atom. The zero-order valence-electron chi connectivity index (χ0n) is 20.4. The summed E-state index contributed by atoms with van der Waals surface area (Å²) in [6, 6.07) is 4.74. The predicted octanol–water partition coefficient (Wildman–Crippen LogP) is 4.74. The smallest absolute Gasteiger partial charge is 0.435 e. The topological polar surface area (TPSA) is 112 Å². The molecule has 1 saturated carbocycles. The highest BCUT2D eigenvalue weighted by atomic mass is 19.4. The molecule has 1 aliphatic rings. The van der Waals surface area contributed by atoms with Crippen molar-refractivity contribution in [3.05, 3.63) is 65.1 Å². The number of hydrogen-bond donors (Lipinski definition) is 2. The lowest BCUT2D eigenvalue weighted by Crippen LogP contribution is -2.40. The number of pyridine rings is 1. The van der Waals surface area contributed by atoms with Crippen LogP contribution in [0.5, 0.6) is 5.88 Å². The van der Waals surface area contributed by atoms with E-state index in [1.54, 1.807) is 0 Å². The van der Waals surface area contributed by atoms with E-state index in [4.69, 9.17) is 10.5 Å². The highest BCUT2D eigenvalue weighted by Gasteiger charge is 2.39. The number of halogens is 6. The fraction of sp³-hybridized carbons (Fsp3) is 0.360. The fourth-order valence-electron chi connectivity index (χ4n) is 4.41. The van der Waals surface area contributed by atoms with Gasteiger partial charge in [0.1, 0.15) is 11.7 Å². The van der Waals surface area contributed by atoms with Crippen molar-refractivity contribution < 1.29 is 40.7 Å². The molecule has 0 radical (unpaired) electrons. The molecule has 1 fully saturated rings. The Morgan fingerprint density at radius 1 is 1.05 bits per heavy atom. The molecule has 2 aromatic heterocycles. The molecule has 208 valence electrons. The first-order valence-corrected chi connectivity index (χ1v) is 11.8. The Morgan fingerprint density at radius 3 is 2.36 bits per heavy atom. The second-order valence-electron chi connectivity index (χ2n) is 9.14. The second kappa shape index (κ2) is 10.6. The van der Waals surface area contributed by atoms with Gasteiger partial charge in [-0.3, -0.25) is 14.3 Å². The van der Waals surface area contributed by atoms with Gasteiger partial charge in [-0.1, -0.05) is 0 Å². The van der Waals surface area contributed by atoms with Crippen molar-refractivity contribution >= 4 is 11.8 Å². The number of carbonyl (C=O) groups excluding carboxylic acids is 2. The molecule has 0 aliphatic heterocycles. The predicted molar refractivity (Wildman–Crippen MR) is 126 cm³/mol. The number of rotatable bonds is 6. The molecular formula is C25H23F6N5O3. The van der Waals surface area contributed by atoms with E-state index in [2.05, 4.69) is 15.4 Å².